The van der Waals surface area contributed by atoms with Crippen LogP contribution in [0.2, 0.25) is 0 Å². The molecular weight excluding hydrogens is 296 g/mol. The molecule has 0 saturated carbocycles. The van der Waals surface area contributed by atoms with Gasteiger partial charge >= 0.3 is 6.09 Å². The fourth-order valence-electron chi connectivity index (χ4n) is 2.61. The third-order valence-corrected chi connectivity index (χ3v) is 3.69. The van der Waals surface area contributed by atoms with Crippen molar-refractivity contribution in [3.8, 4) is 0 Å². The first-order valence-electron chi connectivity index (χ1n) is 7.82. The van der Waals surface area contributed by atoms with Crippen LogP contribution in [0.3, 0.4) is 0 Å². The van der Waals surface area contributed by atoms with Crippen molar-refractivity contribution in [2.45, 2.75) is 45.3 Å². The van der Waals surface area contributed by atoms with E-state index in [1.165, 1.54) is 0 Å². The standard InChI is InChI=1S/C15H22N6O2/c1-15(2,3)23-14(22)17-11-6-8-20(9-7-11)13-5-4-12-18-16-10-21(12)19-13/h4-5,10-11H,6-9H2,1-3H3,(H,17,22). The predicted molar refractivity (Wildman–Crippen MR) is 85.4 cm³/mol. The highest BCUT2D eigenvalue weighted by Gasteiger charge is 2.24. The number of carbonyl (C=O) groups is 1. The fraction of sp³-hybridized carbons (Fsp3) is 0.600. The first-order chi connectivity index (χ1) is 10.9. The zero-order chi connectivity index (χ0) is 16.4. The summed E-state index contributed by atoms with van der Waals surface area (Å²) in [6.07, 6.45) is 2.97. The van der Waals surface area contributed by atoms with Crippen LogP contribution >= 0.6 is 0 Å². The lowest BCUT2D eigenvalue weighted by Gasteiger charge is -2.33. The van der Waals surface area contributed by atoms with Gasteiger partial charge in [-0.1, -0.05) is 0 Å². The SMILES string of the molecule is CC(C)(C)OC(=O)NC1CCN(c2ccc3nncn3n2)CC1. The molecule has 1 aliphatic rings. The predicted octanol–water partition coefficient (Wildman–Crippen LogP) is 1.62. The number of hydrogen-bond donors (Lipinski definition) is 1. The summed E-state index contributed by atoms with van der Waals surface area (Å²) in [7, 11) is 0. The van der Waals surface area contributed by atoms with E-state index in [2.05, 4.69) is 25.5 Å². The van der Waals surface area contributed by atoms with Crippen LogP contribution in [-0.4, -0.2) is 50.6 Å². The summed E-state index contributed by atoms with van der Waals surface area (Å²) in [5, 5.41) is 15.2. The second-order valence-electron chi connectivity index (χ2n) is 6.73. The molecule has 1 saturated heterocycles. The molecule has 0 atom stereocenters. The number of piperidine rings is 1. The van der Waals surface area contributed by atoms with Gasteiger partial charge in [0.2, 0.25) is 0 Å². The summed E-state index contributed by atoms with van der Waals surface area (Å²) in [5.41, 5.74) is 0.262. The number of hydrogen-bond acceptors (Lipinski definition) is 6. The Bertz CT molecular complexity index is 685. The summed E-state index contributed by atoms with van der Waals surface area (Å²) in [6.45, 7) is 7.26. The Hall–Kier alpha value is -2.38. The van der Waals surface area contributed by atoms with Gasteiger partial charge in [-0.15, -0.1) is 15.3 Å². The van der Waals surface area contributed by atoms with Crippen molar-refractivity contribution >= 4 is 17.6 Å². The van der Waals surface area contributed by atoms with E-state index in [-0.39, 0.29) is 12.1 Å². The van der Waals surface area contributed by atoms with Gasteiger partial charge in [0.05, 0.1) is 0 Å². The maximum atomic E-state index is 11.8. The lowest BCUT2D eigenvalue weighted by molar-refractivity contribution is 0.0497. The van der Waals surface area contributed by atoms with Crippen LogP contribution in [0.25, 0.3) is 5.65 Å². The van der Waals surface area contributed by atoms with Gasteiger partial charge in [0.25, 0.3) is 0 Å². The average Bonchev–Trinajstić information content (AvgIpc) is 2.93. The summed E-state index contributed by atoms with van der Waals surface area (Å²) in [5.74, 6) is 0.896. The first kappa shape index (κ1) is 15.5. The number of alkyl carbamates (subject to hydrolysis) is 1. The molecule has 8 heteroatoms. The van der Waals surface area contributed by atoms with Gasteiger partial charge in [0.15, 0.2) is 5.65 Å². The molecule has 124 valence electrons. The highest BCUT2D eigenvalue weighted by molar-refractivity contribution is 5.68. The second-order valence-corrected chi connectivity index (χ2v) is 6.73. The number of fused-ring (bicyclic) bond motifs is 1. The van der Waals surface area contributed by atoms with Gasteiger partial charge in [-0.2, -0.15) is 4.52 Å². The summed E-state index contributed by atoms with van der Waals surface area (Å²) >= 11 is 0. The minimum Gasteiger partial charge on any atom is -0.444 e. The molecule has 0 aromatic carbocycles. The van der Waals surface area contributed by atoms with E-state index >= 15 is 0 Å². The molecule has 1 amide bonds. The molecule has 1 aliphatic heterocycles. The molecule has 3 rings (SSSR count). The molecule has 0 aliphatic carbocycles. The van der Waals surface area contributed by atoms with Crippen molar-refractivity contribution in [3.05, 3.63) is 18.5 Å². The van der Waals surface area contributed by atoms with Gasteiger partial charge in [-0.25, -0.2) is 4.79 Å². The number of carbonyl (C=O) groups excluding carboxylic acids is 1. The Morgan fingerprint density at radius 3 is 2.74 bits per heavy atom. The minimum atomic E-state index is -0.469. The monoisotopic (exact) mass is 318 g/mol. The maximum Gasteiger partial charge on any atom is 0.407 e. The molecule has 0 unspecified atom stereocenters. The van der Waals surface area contributed by atoms with E-state index in [4.69, 9.17) is 4.74 Å². The van der Waals surface area contributed by atoms with E-state index < -0.39 is 5.60 Å². The lowest BCUT2D eigenvalue weighted by Crippen LogP contribution is -2.46. The van der Waals surface area contributed by atoms with Crippen LogP contribution in [0, 0.1) is 0 Å². The molecule has 8 nitrogen and oxygen atoms in total. The molecule has 2 aromatic rings. The van der Waals surface area contributed by atoms with Gasteiger partial charge in [-0.3, -0.25) is 0 Å². The summed E-state index contributed by atoms with van der Waals surface area (Å²) in [4.78, 5) is 14.0. The fourth-order valence-corrected chi connectivity index (χ4v) is 2.61. The minimum absolute atomic E-state index is 0.139. The quantitative estimate of drug-likeness (QED) is 0.905. The van der Waals surface area contributed by atoms with E-state index in [9.17, 15) is 4.79 Å². The smallest absolute Gasteiger partial charge is 0.407 e. The summed E-state index contributed by atoms with van der Waals surface area (Å²) in [6, 6.07) is 3.99. The van der Waals surface area contributed by atoms with E-state index in [0.29, 0.717) is 0 Å². The van der Waals surface area contributed by atoms with Crippen LogP contribution < -0.4 is 10.2 Å². The van der Waals surface area contributed by atoms with Crippen molar-refractivity contribution in [3.63, 3.8) is 0 Å². The number of ether oxygens (including phenoxy) is 1. The Morgan fingerprint density at radius 1 is 1.30 bits per heavy atom. The number of nitrogens with zero attached hydrogens (tertiary/aromatic N) is 5. The topological polar surface area (TPSA) is 84.6 Å². The van der Waals surface area contributed by atoms with E-state index in [1.54, 1.807) is 10.8 Å². The highest BCUT2D eigenvalue weighted by Crippen LogP contribution is 2.18. The Morgan fingerprint density at radius 2 is 2.04 bits per heavy atom. The van der Waals surface area contributed by atoms with Crippen LogP contribution in [0.5, 0.6) is 0 Å². The molecule has 1 N–H and O–H groups in total. The maximum absolute atomic E-state index is 11.8. The number of nitrogens with one attached hydrogen (secondary N) is 1. The third kappa shape index (κ3) is 3.88. The van der Waals surface area contributed by atoms with Crippen molar-refractivity contribution in [1.29, 1.82) is 0 Å². The Kier molecular flexibility index (Phi) is 4.06. The van der Waals surface area contributed by atoms with Crippen LogP contribution in [0.1, 0.15) is 33.6 Å². The largest absolute Gasteiger partial charge is 0.444 e. The molecule has 0 radical (unpaired) electrons. The molecule has 1 fully saturated rings. The molecular formula is C15H22N6O2. The second kappa shape index (κ2) is 6.02. The Labute approximate surface area is 134 Å². The van der Waals surface area contributed by atoms with Crippen molar-refractivity contribution in [2.75, 3.05) is 18.0 Å². The normalized spacial score (nSPS) is 16.6. The van der Waals surface area contributed by atoms with Crippen molar-refractivity contribution in [1.82, 2.24) is 25.1 Å². The van der Waals surface area contributed by atoms with Gasteiger partial charge < -0.3 is 15.0 Å². The number of aromatic nitrogens is 4. The van der Waals surface area contributed by atoms with Crippen LogP contribution in [-0.2, 0) is 4.74 Å². The molecule has 3 heterocycles. The molecule has 2 aromatic heterocycles. The van der Waals surface area contributed by atoms with Crippen LogP contribution in [0.4, 0.5) is 10.6 Å². The highest BCUT2D eigenvalue weighted by atomic mass is 16.6. The van der Waals surface area contributed by atoms with Crippen molar-refractivity contribution in [2.24, 2.45) is 0 Å². The van der Waals surface area contributed by atoms with Crippen molar-refractivity contribution < 1.29 is 9.53 Å². The van der Waals surface area contributed by atoms with Gasteiger partial charge in [0.1, 0.15) is 17.7 Å². The molecule has 0 spiro atoms. The summed E-state index contributed by atoms with van der Waals surface area (Å²) < 4.78 is 6.97. The zero-order valence-electron chi connectivity index (χ0n) is 13.7. The number of anilines is 1. The lowest BCUT2D eigenvalue weighted by atomic mass is 10.1. The van der Waals surface area contributed by atoms with E-state index in [0.717, 1.165) is 37.4 Å². The Balaban J connectivity index is 1.54. The first-order valence-corrected chi connectivity index (χ1v) is 7.82. The number of rotatable bonds is 2. The zero-order valence-corrected chi connectivity index (χ0v) is 13.7. The van der Waals surface area contributed by atoms with Gasteiger partial charge in [-0.05, 0) is 45.7 Å². The number of amides is 1. The molecule has 23 heavy (non-hydrogen) atoms. The molecule has 0 bridgehead atoms. The van der Waals surface area contributed by atoms with Crippen LogP contribution in [0.15, 0.2) is 18.5 Å². The van der Waals surface area contributed by atoms with Gasteiger partial charge in [0, 0.05) is 19.1 Å². The van der Waals surface area contributed by atoms with E-state index in [1.807, 2.05) is 32.9 Å². The average molecular weight is 318 g/mol. The third-order valence-electron chi connectivity index (χ3n) is 3.69.